The molecule has 1 aromatic heterocycles. The van der Waals surface area contributed by atoms with Gasteiger partial charge in [0.1, 0.15) is 6.10 Å². The summed E-state index contributed by atoms with van der Waals surface area (Å²) < 4.78 is 36.7. The highest BCUT2D eigenvalue weighted by Gasteiger charge is 2.35. The number of halogens is 3. The summed E-state index contributed by atoms with van der Waals surface area (Å²) in [6, 6.07) is 0.421. The first-order valence-electron chi connectivity index (χ1n) is 4.91. The fourth-order valence-corrected chi connectivity index (χ4v) is 2.01. The van der Waals surface area contributed by atoms with Gasteiger partial charge in [0.15, 0.2) is 5.01 Å². The molecule has 0 radical (unpaired) electrons. The Hall–Kier alpha value is -0.660. The average molecular weight is 252 g/mol. The van der Waals surface area contributed by atoms with Crippen LogP contribution in [0, 0.1) is 0 Å². The van der Waals surface area contributed by atoms with E-state index in [0.29, 0.717) is 17.4 Å². The molecule has 0 aliphatic heterocycles. The number of nitrogens with zero attached hydrogens (tertiary/aromatic N) is 1. The number of hydrogen-bond acceptors (Lipinski definition) is 4. The molecule has 0 saturated heterocycles. The molecule has 1 aliphatic carbocycles. The Morgan fingerprint density at radius 1 is 1.56 bits per heavy atom. The highest BCUT2D eigenvalue weighted by molar-refractivity contribution is 7.11. The number of aliphatic hydroxyl groups excluding tert-OH is 1. The van der Waals surface area contributed by atoms with Crippen molar-refractivity contribution in [3.05, 3.63) is 16.1 Å². The number of rotatable bonds is 4. The molecule has 1 fully saturated rings. The van der Waals surface area contributed by atoms with Gasteiger partial charge in [-0.25, -0.2) is 4.98 Å². The second kappa shape index (κ2) is 4.31. The minimum Gasteiger partial charge on any atom is -0.386 e. The van der Waals surface area contributed by atoms with Gasteiger partial charge in [-0.3, -0.25) is 0 Å². The van der Waals surface area contributed by atoms with Crippen LogP contribution in [0.1, 0.15) is 28.8 Å². The third-order valence-electron chi connectivity index (χ3n) is 2.27. The second-order valence-electron chi connectivity index (χ2n) is 3.76. The monoisotopic (exact) mass is 252 g/mol. The van der Waals surface area contributed by atoms with Crippen LogP contribution in [-0.4, -0.2) is 22.7 Å². The fraction of sp³-hybridized carbons (Fsp3) is 0.667. The topological polar surface area (TPSA) is 45.1 Å². The molecular formula is C9H11F3N2OS. The van der Waals surface area contributed by atoms with E-state index in [1.807, 2.05) is 0 Å². The van der Waals surface area contributed by atoms with E-state index in [1.165, 1.54) is 0 Å². The van der Waals surface area contributed by atoms with E-state index in [0.717, 1.165) is 19.0 Å². The molecule has 3 nitrogen and oxygen atoms in total. The summed E-state index contributed by atoms with van der Waals surface area (Å²) in [5.41, 5.74) is 0. The summed E-state index contributed by atoms with van der Waals surface area (Å²) in [7, 11) is 0. The number of aliphatic hydroxyl groups is 1. The summed E-state index contributed by atoms with van der Waals surface area (Å²) in [6.45, 7) is 0.282. The quantitative estimate of drug-likeness (QED) is 0.861. The van der Waals surface area contributed by atoms with E-state index < -0.39 is 17.3 Å². The van der Waals surface area contributed by atoms with Crippen molar-refractivity contribution in [2.45, 2.75) is 31.2 Å². The Morgan fingerprint density at radius 3 is 2.75 bits per heavy atom. The highest BCUT2D eigenvalue weighted by atomic mass is 32.1. The van der Waals surface area contributed by atoms with E-state index in [2.05, 4.69) is 10.3 Å². The van der Waals surface area contributed by atoms with Crippen molar-refractivity contribution in [2.24, 2.45) is 0 Å². The normalized spacial score (nSPS) is 18.8. The molecule has 2 N–H and O–H groups in total. The summed E-state index contributed by atoms with van der Waals surface area (Å²) >= 11 is 0.494. The van der Waals surface area contributed by atoms with E-state index in [4.69, 9.17) is 0 Å². The zero-order valence-electron chi connectivity index (χ0n) is 8.29. The van der Waals surface area contributed by atoms with E-state index >= 15 is 0 Å². The maximum Gasteiger partial charge on any atom is 0.443 e. The van der Waals surface area contributed by atoms with Gasteiger partial charge in [0.2, 0.25) is 0 Å². The van der Waals surface area contributed by atoms with Crippen LogP contribution >= 0.6 is 11.3 Å². The summed E-state index contributed by atoms with van der Waals surface area (Å²) in [5, 5.41) is 11.8. The predicted molar refractivity (Wildman–Crippen MR) is 53.1 cm³/mol. The van der Waals surface area contributed by atoms with Crippen molar-refractivity contribution >= 4 is 11.3 Å². The predicted octanol–water partition coefficient (Wildman–Crippen LogP) is 1.95. The van der Waals surface area contributed by atoms with E-state index in [-0.39, 0.29) is 11.4 Å². The molecule has 0 amide bonds. The molecule has 1 aliphatic rings. The average Bonchev–Trinajstić information content (AvgIpc) is 2.86. The number of alkyl halides is 3. The summed E-state index contributed by atoms with van der Waals surface area (Å²) in [5.74, 6) is 0. The number of thiazole rings is 1. The molecule has 0 aromatic carbocycles. The minimum absolute atomic E-state index is 0.250. The minimum atomic E-state index is -4.42. The Labute approximate surface area is 94.3 Å². The van der Waals surface area contributed by atoms with Gasteiger partial charge < -0.3 is 10.4 Å². The van der Waals surface area contributed by atoms with Gasteiger partial charge >= 0.3 is 6.18 Å². The lowest BCUT2D eigenvalue weighted by Crippen LogP contribution is -2.22. The molecular weight excluding hydrogens is 241 g/mol. The van der Waals surface area contributed by atoms with Crippen molar-refractivity contribution in [2.75, 3.05) is 6.54 Å². The van der Waals surface area contributed by atoms with Gasteiger partial charge in [-0.05, 0) is 12.8 Å². The molecule has 0 bridgehead atoms. The maximum absolute atomic E-state index is 12.2. The SMILES string of the molecule is OC(CNC1CC1)c1cnc(C(F)(F)F)s1. The van der Waals surface area contributed by atoms with Gasteiger partial charge in [-0.1, -0.05) is 0 Å². The van der Waals surface area contributed by atoms with Crippen molar-refractivity contribution in [3.8, 4) is 0 Å². The number of hydrogen-bond donors (Lipinski definition) is 2. The molecule has 1 aromatic rings. The zero-order valence-corrected chi connectivity index (χ0v) is 9.11. The van der Waals surface area contributed by atoms with E-state index in [9.17, 15) is 18.3 Å². The molecule has 7 heteroatoms. The van der Waals surface area contributed by atoms with Crippen molar-refractivity contribution in [3.63, 3.8) is 0 Å². The van der Waals surface area contributed by atoms with Crippen LogP contribution in [0.2, 0.25) is 0 Å². The van der Waals surface area contributed by atoms with Crippen molar-refractivity contribution in [1.29, 1.82) is 0 Å². The Balaban J connectivity index is 1.94. The van der Waals surface area contributed by atoms with Crippen molar-refractivity contribution < 1.29 is 18.3 Å². The number of nitrogens with one attached hydrogen (secondary N) is 1. The van der Waals surface area contributed by atoms with Crippen LogP contribution in [-0.2, 0) is 6.18 Å². The molecule has 1 unspecified atom stereocenters. The third kappa shape index (κ3) is 2.93. The lowest BCUT2D eigenvalue weighted by atomic mass is 10.3. The van der Waals surface area contributed by atoms with Gasteiger partial charge in [0, 0.05) is 18.8 Å². The van der Waals surface area contributed by atoms with Crippen molar-refractivity contribution in [1.82, 2.24) is 10.3 Å². The molecule has 0 spiro atoms. The largest absolute Gasteiger partial charge is 0.443 e. The molecule has 1 heterocycles. The van der Waals surface area contributed by atoms with Gasteiger partial charge in [-0.2, -0.15) is 13.2 Å². The molecule has 1 atom stereocenters. The van der Waals surface area contributed by atoms with Crippen LogP contribution in [0.15, 0.2) is 6.20 Å². The Morgan fingerprint density at radius 2 is 2.25 bits per heavy atom. The highest BCUT2D eigenvalue weighted by Crippen LogP contribution is 2.34. The molecule has 16 heavy (non-hydrogen) atoms. The maximum atomic E-state index is 12.2. The lowest BCUT2D eigenvalue weighted by molar-refractivity contribution is -0.137. The lowest BCUT2D eigenvalue weighted by Gasteiger charge is -2.08. The van der Waals surface area contributed by atoms with Gasteiger partial charge in [-0.15, -0.1) is 11.3 Å². The Kier molecular flexibility index (Phi) is 3.18. The van der Waals surface area contributed by atoms with Crippen LogP contribution in [0.25, 0.3) is 0 Å². The van der Waals surface area contributed by atoms with Crippen LogP contribution in [0.4, 0.5) is 13.2 Å². The Bertz CT molecular complexity index is 362. The molecule has 2 rings (SSSR count). The van der Waals surface area contributed by atoms with Crippen LogP contribution in [0.3, 0.4) is 0 Å². The second-order valence-corrected chi connectivity index (χ2v) is 4.83. The first-order chi connectivity index (χ1) is 7.47. The third-order valence-corrected chi connectivity index (χ3v) is 3.42. The van der Waals surface area contributed by atoms with Gasteiger partial charge in [0.05, 0.1) is 4.88 Å². The van der Waals surface area contributed by atoms with Crippen LogP contribution in [0.5, 0.6) is 0 Å². The summed E-state index contributed by atoms with van der Waals surface area (Å²) in [4.78, 5) is 3.51. The zero-order chi connectivity index (χ0) is 11.8. The van der Waals surface area contributed by atoms with Crippen LogP contribution < -0.4 is 5.32 Å². The molecule has 90 valence electrons. The standard InChI is InChI=1S/C9H11F3N2OS/c10-9(11,12)8-14-4-7(16-8)6(15)3-13-5-1-2-5/h4-6,13,15H,1-3H2. The summed E-state index contributed by atoms with van der Waals surface area (Å²) in [6.07, 6.45) is -2.10. The van der Waals surface area contributed by atoms with Gasteiger partial charge in [0.25, 0.3) is 0 Å². The van der Waals surface area contributed by atoms with E-state index in [1.54, 1.807) is 0 Å². The smallest absolute Gasteiger partial charge is 0.386 e. The first kappa shape index (κ1) is 11.8. The fourth-order valence-electron chi connectivity index (χ4n) is 1.24. The number of aromatic nitrogens is 1. The first-order valence-corrected chi connectivity index (χ1v) is 5.73. The molecule has 1 saturated carbocycles.